The molecule has 0 spiro atoms. The second-order valence-electron chi connectivity index (χ2n) is 7.58. The number of ether oxygens (including phenoxy) is 2. The van der Waals surface area contributed by atoms with E-state index in [1.165, 1.54) is 25.3 Å². The van der Waals surface area contributed by atoms with Gasteiger partial charge in [-0.3, -0.25) is 14.3 Å². The van der Waals surface area contributed by atoms with Gasteiger partial charge in [0.2, 0.25) is 0 Å². The first-order valence-corrected chi connectivity index (χ1v) is 12.0. The van der Waals surface area contributed by atoms with E-state index < -0.39 is 10.0 Å². The van der Waals surface area contributed by atoms with Crippen LogP contribution in [0.25, 0.3) is 0 Å². The largest absolute Gasteiger partial charge is 0.495 e. The molecule has 2 aromatic rings. The fraction of sp³-hybridized carbons (Fsp3) is 0.391. The quantitative estimate of drug-likeness (QED) is 0.516. The van der Waals surface area contributed by atoms with Crippen molar-refractivity contribution in [3.8, 4) is 5.75 Å². The molecule has 1 aliphatic carbocycles. The van der Waals surface area contributed by atoms with E-state index in [4.69, 9.17) is 9.47 Å². The number of anilines is 1. The molecule has 1 amide bonds. The number of benzene rings is 2. The lowest BCUT2D eigenvalue weighted by atomic mass is 10.2. The molecule has 0 bridgehead atoms. The molecule has 8 nitrogen and oxygen atoms in total. The summed E-state index contributed by atoms with van der Waals surface area (Å²) >= 11 is 0. The molecule has 0 aliphatic heterocycles. The van der Waals surface area contributed by atoms with Crippen LogP contribution < -0.4 is 9.46 Å². The normalized spacial score (nSPS) is 13.3. The summed E-state index contributed by atoms with van der Waals surface area (Å²) in [5.41, 5.74) is 0.550. The summed E-state index contributed by atoms with van der Waals surface area (Å²) in [5.74, 6) is 0.132. The van der Waals surface area contributed by atoms with E-state index in [0.29, 0.717) is 23.9 Å². The summed E-state index contributed by atoms with van der Waals surface area (Å²) in [7, 11) is -2.49. The SMILES string of the molecule is CCOC(=O)CCN(CC1CC1)C(=O)c1cccc(S(=O)(=O)Nc2ccccc2OC)c1. The lowest BCUT2D eigenvalue weighted by molar-refractivity contribution is -0.143. The third kappa shape index (κ3) is 6.23. The highest BCUT2D eigenvalue weighted by Gasteiger charge is 2.28. The number of methoxy groups -OCH3 is 1. The summed E-state index contributed by atoms with van der Waals surface area (Å²) < 4.78 is 38.5. The smallest absolute Gasteiger partial charge is 0.307 e. The Morgan fingerprint density at radius 3 is 2.56 bits per heavy atom. The maximum absolute atomic E-state index is 13.2. The van der Waals surface area contributed by atoms with Crippen LogP contribution in [0, 0.1) is 5.92 Å². The Morgan fingerprint density at radius 2 is 1.88 bits per heavy atom. The summed E-state index contributed by atoms with van der Waals surface area (Å²) in [6.45, 7) is 2.78. The van der Waals surface area contributed by atoms with E-state index in [-0.39, 0.29) is 41.9 Å². The minimum absolute atomic E-state index is 0.0361. The highest BCUT2D eigenvalue weighted by Crippen LogP contribution is 2.30. The zero-order valence-corrected chi connectivity index (χ0v) is 19.1. The summed E-state index contributed by atoms with van der Waals surface area (Å²) in [4.78, 5) is 26.5. The number of nitrogens with one attached hydrogen (secondary N) is 1. The number of hydrogen-bond acceptors (Lipinski definition) is 6. The van der Waals surface area contributed by atoms with Crippen molar-refractivity contribution in [2.75, 3.05) is 31.5 Å². The molecule has 3 rings (SSSR count). The number of esters is 1. The number of carbonyl (C=O) groups excluding carboxylic acids is 2. The molecule has 1 fully saturated rings. The van der Waals surface area contributed by atoms with Crippen LogP contribution in [0.2, 0.25) is 0 Å². The minimum atomic E-state index is -3.95. The number of carbonyl (C=O) groups is 2. The first-order chi connectivity index (χ1) is 15.3. The van der Waals surface area contributed by atoms with Crippen molar-refractivity contribution in [3.63, 3.8) is 0 Å². The third-order valence-corrected chi connectivity index (χ3v) is 6.46. The number of sulfonamides is 1. The van der Waals surface area contributed by atoms with Crippen LogP contribution in [-0.4, -0.2) is 52.0 Å². The molecule has 0 radical (unpaired) electrons. The van der Waals surface area contributed by atoms with Gasteiger partial charge in [0.15, 0.2) is 0 Å². The van der Waals surface area contributed by atoms with E-state index in [9.17, 15) is 18.0 Å². The molecule has 0 saturated heterocycles. The highest BCUT2D eigenvalue weighted by atomic mass is 32.2. The van der Waals surface area contributed by atoms with Gasteiger partial charge in [-0.05, 0) is 56.0 Å². The molecule has 172 valence electrons. The first-order valence-electron chi connectivity index (χ1n) is 10.5. The van der Waals surface area contributed by atoms with Gasteiger partial charge in [0.05, 0.1) is 30.7 Å². The lowest BCUT2D eigenvalue weighted by Crippen LogP contribution is -2.35. The first kappa shape index (κ1) is 23.6. The maximum Gasteiger partial charge on any atom is 0.307 e. The zero-order chi connectivity index (χ0) is 23.1. The van der Waals surface area contributed by atoms with Gasteiger partial charge in [-0.1, -0.05) is 18.2 Å². The Morgan fingerprint density at radius 1 is 1.12 bits per heavy atom. The van der Waals surface area contributed by atoms with E-state index in [1.807, 2.05) is 0 Å². The van der Waals surface area contributed by atoms with Crippen LogP contribution in [-0.2, 0) is 19.6 Å². The van der Waals surface area contributed by atoms with Gasteiger partial charge in [-0.25, -0.2) is 8.42 Å². The number of hydrogen-bond donors (Lipinski definition) is 1. The number of rotatable bonds is 11. The van der Waals surface area contributed by atoms with Crippen molar-refractivity contribution in [3.05, 3.63) is 54.1 Å². The molecular weight excluding hydrogens is 432 g/mol. The monoisotopic (exact) mass is 460 g/mol. The lowest BCUT2D eigenvalue weighted by Gasteiger charge is -2.22. The van der Waals surface area contributed by atoms with E-state index in [0.717, 1.165) is 12.8 Å². The van der Waals surface area contributed by atoms with Gasteiger partial charge < -0.3 is 14.4 Å². The van der Waals surface area contributed by atoms with Crippen molar-refractivity contribution in [1.82, 2.24) is 4.90 Å². The second kappa shape index (κ2) is 10.5. The van der Waals surface area contributed by atoms with Crippen molar-refractivity contribution in [2.24, 2.45) is 5.92 Å². The number of amides is 1. The Balaban J connectivity index is 1.79. The van der Waals surface area contributed by atoms with Gasteiger partial charge in [0.25, 0.3) is 15.9 Å². The molecule has 0 aromatic heterocycles. The molecule has 1 aliphatic rings. The molecule has 2 aromatic carbocycles. The Labute approximate surface area is 188 Å². The third-order valence-electron chi connectivity index (χ3n) is 5.10. The molecule has 32 heavy (non-hydrogen) atoms. The summed E-state index contributed by atoms with van der Waals surface area (Å²) in [6.07, 6.45) is 2.18. The van der Waals surface area contributed by atoms with Crippen LogP contribution in [0.15, 0.2) is 53.4 Å². The molecule has 0 atom stereocenters. The molecule has 0 unspecified atom stereocenters. The average molecular weight is 461 g/mol. The van der Waals surface area contributed by atoms with Gasteiger partial charge in [0.1, 0.15) is 5.75 Å². The van der Waals surface area contributed by atoms with Crippen LogP contribution in [0.1, 0.15) is 36.5 Å². The van der Waals surface area contributed by atoms with Crippen molar-refractivity contribution < 1.29 is 27.5 Å². The van der Waals surface area contributed by atoms with Crippen LogP contribution in [0.4, 0.5) is 5.69 Å². The fourth-order valence-corrected chi connectivity index (χ4v) is 4.37. The van der Waals surface area contributed by atoms with E-state index in [1.54, 1.807) is 42.2 Å². The minimum Gasteiger partial charge on any atom is -0.495 e. The van der Waals surface area contributed by atoms with E-state index in [2.05, 4.69) is 4.72 Å². The molecule has 0 heterocycles. The highest BCUT2D eigenvalue weighted by molar-refractivity contribution is 7.92. The van der Waals surface area contributed by atoms with Crippen molar-refractivity contribution >= 4 is 27.6 Å². The van der Waals surface area contributed by atoms with Crippen molar-refractivity contribution in [2.45, 2.75) is 31.1 Å². The van der Waals surface area contributed by atoms with Crippen LogP contribution in [0.3, 0.4) is 0 Å². The van der Waals surface area contributed by atoms with Crippen LogP contribution >= 0.6 is 0 Å². The Bertz CT molecular complexity index is 1070. The zero-order valence-electron chi connectivity index (χ0n) is 18.2. The predicted octanol–water partition coefficient (Wildman–Crippen LogP) is 3.30. The Hall–Kier alpha value is -3.07. The fourth-order valence-electron chi connectivity index (χ4n) is 3.26. The second-order valence-corrected chi connectivity index (χ2v) is 9.27. The number of nitrogens with zero attached hydrogens (tertiary/aromatic N) is 1. The summed E-state index contributed by atoms with van der Waals surface area (Å²) in [6, 6.07) is 12.6. The average Bonchev–Trinajstić information content (AvgIpc) is 3.61. The van der Waals surface area contributed by atoms with Gasteiger partial charge >= 0.3 is 5.97 Å². The van der Waals surface area contributed by atoms with E-state index >= 15 is 0 Å². The molecule has 1 N–H and O–H groups in total. The summed E-state index contributed by atoms with van der Waals surface area (Å²) in [5, 5.41) is 0. The molecule has 9 heteroatoms. The van der Waals surface area contributed by atoms with Gasteiger partial charge in [-0.15, -0.1) is 0 Å². The maximum atomic E-state index is 13.2. The standard InChI is InChI=1S/C23H28N2O6S/c1-3-31-22(26)13-14-25(16-17-11-12-17)23(27)18-7-6-8-19(15-18)32(28,29)24-20-9-4-5-10-21(20)30-2/h4-10,15,17,24H,3,11-14,16H2,1-2H3. The topological polar surface area (TPSA) is 102 Å². The molecular formula is C23H28N2O6S. The van der Waals surface area contributed by atoms with Gasteiger partial charge in [0, 0.05) is 18.7 Å². The predicted molar refractivity (Wildman–Crippen MR) is 120 cm³/mol. The van der Waals surface area contributed by atoms with Crippen molar-refractivity contribution in [1.29, 1.82) is 0 Å². The van der Waals surface area contributed by atoms with Crippen LogP contribution in [0.5, 0.6) is 5.75 Å². The van der Waals surface area contributed by atoms with Gasteiger partial charge in [-0.2, -0.15) is 0 Å². The number of para-hydroxylation sites is 2. The molecule has 1 saturated carbocycles. The Kier molecular flexibility index (Phi) is 7.74.